The minimum absolute atomic E-state index is 0.00721. The highest BCUT2D eigenvalue weighted by Gasteiger charge is 2.34. The number of alkyl halides is 3. The van der Waals surface area contributed by atoms with Crippen LogP contribution in [-0.2, 0) is 6.18 Å². The molecule has 0 radical (unpaired) electrons. The topological polar surface area (TPSA) is 59.8 Å². The van der Waals surface area contributed by atoms with E-state index in [4.69, 9.17) is 0 Å². The normalized spacial score (nSPS) is 16.0. The smallest absolute Gasteiger partial charge is 0.350 e. The number of benzene rings is 1. The van der Waals surface area contributed by atoms with Crippen LogP contribution in [-0.4, -0.2) is 27.4 Å². The molecule has 1 N–H and O–H groups in total. The Labute approximate surface area is 143 Å². The lowest BCUT2D eigenvalue weighted by Crippen LogP contribution is -2.30. The van der Waals surface area contributed by atoms with Crippen LogP contribution in [0, 0.1) is 5.92 Å². The molecule has 1 fully saturated rings. The van der Waals surface area contributed by atoms with E-state index in [0.29, 0.717) is 12.5 Å². The van der Waals surface area contributed by atoms with Crippen LogP contribution in [0.2, 0.25) is 0 Å². The minimum atomic E-state index is -4.51. The van der Waals surface area contributed by atoms with Crippen LogP contribution in [0.1, 0.15) is 48.2 Å². The fourth-order valence-electron chi connectivity index (χ4n) is 3.12. The van der Waals surface area contributed by atoms with E-state index in [1.54, 1.807) is 0 Å². The van der Waals surface area contributed by atoms with Crippen LogP contribution in [0.25, 0.3) is 5.69 Å². The number of carbonyl (C=O) groups is 1. The van der Waals surface area contributed by atoms with Crippen LogP contribution in [0.4, 0.5) is 13.2 Å². The molecule has 0 bridgehead atoms. The largest absolute Gasteiger partial charge is 0.418 e. The fourth-order valence-corrected chi connectivity index (χ4v) is 3.12. The van der Waals surface area contributed by atoms with Crippen molar-refractivity contribution >= 4 is 5.91 Å². The Morgan fingerprint density at radius 3 is 2.64 bits per heavy atom. The first-order chi connectivity index (χ1) is 11.9. The van der Waals surface area contributed by atoms with Gasteiger partial charge in [0.1, 0.15) is 0 Å². The highest BCUT2D eigenvalue weighted by atomic mass is 19.4. The van der Waals surface area contributed by atoms with Crippen molar-refractivity contribution < 1.29 is 18.0 Å². The summed E-state index contributed by atoms with van der Waals surface area (Å²) in [6.07, 6.45) is 2.47. The standard InChI is InChI=1S/C17H19F3N4O/c18-17(19,20)13-8-4-5-9-15(13)24-11-14(22-23-24)16(25)21-10-12-6-2-1-3-7-12/h4-5,8-9,11-12H,1-3,6-7,10H2,(H,21,25). The van der Waals surface area contributed by atoms with Gasteiger partial charge in [-0.05, 0) is 30.9 Å². The lowest BCUT2D eigenvalue weighted by Gasteiger charge is -2.21. The van der Waals surface area contributed by atoms with Gasteiger partial charge in [-0.1, -0.05) is 36.6 Å². The van der Waals surface area contributed by atoms with Gasteiger partial charge < -0.3 is 5.32 Å². The first-order valence-corrected chi connectivity index (χ1v) is 8.32. The van der Waals surface area contributed by atoms with E-state index in [-0.39, 0.29) is 11.4 Å². The maximum Gasteiger partial charge on any atom is 0.418 e. The molecule has 134 valence electrons. The first kappa shape index (κ1) is 17.4. The molecule has 1 aliphatic rings. The molecule has 1 aromatic carbocycles. The van der Waals surface area contributed by atoms with Crippen molar-refractivity contribution in [3.05, 3.63) is 41.7 Å². The second kappa shape index (κ2) is 7.25. The number of carbonyl (C=O) groups excluding carboxylic acids is 1. The molecule has 1 aliphatic carbocycles. The molecule has 25 heavy (non-hydrogen) atoms. The van der Waals surface area contributed by atoms with Gasteiger partial charge in [0.2, 0.25) is 0 Å². The van der Waals surface area contributed by atoms with Crippen LogP contribution in [0.5, 0.6) is 0 Å². The maximum absolute atomic E-state index is 13.1. The maximum atomic E-state index is 13.1. The number of nitrogens with zero attached hydrogens (tertiary/aromatic N) is 3. The van der Waals surface area contributed by atoms with Crippen molar-refractivity contribution in [3.8, 4) is 5.69 Å². The third-order valence-corrected chi connectivity index (χ3v) is 4.46. The number of hydrogen-bond donors (Lipinski definition) is 1. The van der Waals surface area contributed by atoms with E-state index in [2.05, 4.69) is 15.6 Å². The molecule has 1 amide bonds. The van der Waals surface area contributed by atoms with Gasteiger partial charge in [0, 0.05) is 6.54 Å². The summed E-state index contributed by atoms with van der Waals surface area (Å²) in [5.74, 6) is 0.0417. The molecule has 0 saturated heterocycles. The van der Waals surface area contributed by atoms with Gasteiger partial charge in [0.15, 0.2) is 5.69 Å². The van der Waals surface area contributed by atoms with Crippen molar-refractivity contribution in [3.63, 3.8) is 0 Å². The van der Waals surface area contributed by atoms with E-state index in [0.717, 1.165) is 23.6 Å². The zero-order valence-corrected chi connectivity index (χ0v) is 13.6. The third kappa shape index (κ3) is 4.18. The third-order valence-electron chi connectivity index (χ3n) is 4.46. The number of para-hydroxylation sites is 1. The summed E-state index contributed by atoms with van der Waals surface area (Å²) in [5, 5.41) is 10.2. The number of hydrogen-bond acceptors (Lipinski definition) is 3. The average molecular weight is 352 g/mol. The summed E-state index contributed by atoms with van der Waals surface area (Å²) in [7, 11) is 0. The fraction of sp³-hybridized carbons (Fsp3) is 0.471. The highest BCUT2D eigenvalue weighted by molar-refractivity contribution is 5.91. The Kier molecular flexibility index (Phi) is 5.06. The zero-order chi connectivity index (χ0) is 17.9. The molecule has 0 spiro atoms. The van der Waals surface area contributed by atoms with Crippen LogP contribution >= 0.6 is 0 Å². The molecule has 3 rings (SSSR count). The molecule has 8 heteroatoms. The number of nitrogens with one attached hydrogen (secondary N) is 1. The van der Waals surface area contributed by atoms with E-state index in [1.165, 1.54) is 43.7 Å². The monoisotopic (exact) mass is 352 g/mol. The van der Waals surface area contributed by atoms with E-state index >= 15 is 0 Å². The molecular weight excluding hydrogens is 333 g/mol. The molecule has 2 aromatic rings. The number of rotatable bonds is 4. The van der Waals surface area contributed by atoms with Crippen molar-refractivity contribution in [1.82, 2.24) is 20.3 Å². The highest BCUT2D eigenvalue weighted by Crippen LogP contribution is 2.33. The Hall–Kier alpha value is -2.38. The van der Waals surface area contributed by atoms with Gasteiger partial charge in [-0.25, -0.2) is 4.68 Å². The molecule has 0 unspecified atom stereocenters. The van der Waals surface area contributed by atoms with Crippen LogP contribution in [0.3, 0.4) is 0 Å². The Morgan fingerprint density at radius 2 is 1.92 bits per heavy atom. The summed E-state index contributed by atoms with van der Waals surface area (Å²) in [6.45, 7) is 0.560. The summed E-state index contributed by atoms with van der Waals surface area (Å²) >= 11 is 0. The van der Waals surface area contributed by atoms with E-state index in [1.807, 2.05) is 0 Å². The summed E-state index contributed by atoms with van der Waals surface area (Å²) < 4.78 is 40.2. The summed E-state index contributed by atoms with van der Waals surface area (Å²) in [5.41, 5.74) is -0.976. The SMILES string of the molecule is O=C(NCC1CCCCC1)c1cn(-c2ccccc2C(F)(F)F)nn1. The lowest BCUT2D eigenvalue weighted by molar-refractivity contribution is -0.137. The van der Waals surface area contributed by atoms with Crippen molar-refractivity contribution in [2.24, 2.45) is 5.92 Å². The van der Waals surface area contributed by atoms with Gasteiger partial charge in [-0.2, -0.15) is 13.2 Å². The van der Waals surface area contributed by atoms with Gasteiger partial charge in [0.25, 0.3) is 5.91 Å². The summed E-state index contributed by atoms with van der Waals surface area (Å²) in [6, 6.07) is 5.05. The predicted molar refractivity (Wildman–Crippen MR) is 85.3 cm³/mol. The van der Waals surface area contributed by atoms with E-state index < -0.39 is 17.6 Å². The minimum Gasteiger partial charge on any atom is -0.350 e. The van der Waals surface area contributed by atoms with Crippen LogP contribution in [0.15, 0.2) is 30.5 Å². The number of amides is 1. The van der Waals surface area contributed by atoms with Gasteiger partial charge in [-0.3, -0.25) is 4.79 Å². The lowest BCUT2D eigenvalue weighted by atomic mass is 9.89. The number of halogens is 3. The molecule has 1 saturated carbocycles. The van der Waals surface area contributed by atoms with Crippen LogP contribution < -0.4 is 5.32 Å². The molecule has 1 heterocycles. The van der Waals surface area contributed by atoms with Crippen molar-refractivity contribution in [2.45, 2.75) is 38.3 Å². The first-order valence-electron chi connectivity index (χ1n) is 8.32. The Bertz CT molecular complexity index is 735. The number of aromatic nitrogens is 3. The zero-order valence-electron chi connectivity index (χ0n) is 13.6. The molecular formula is C17H19F3N4O. The predicted octanol–water partition coefficient (Wildman–Crippen LogP) is 3.60. The summed E-state index contributed by atoms with van der Waals surface area (Å²) in [4.78, 5) is 12.2. The molecule has 1 aromatic heterocycles. The van der Waals surface area contributed by atoms with E-state index in [9.17, 15) is 18.0 Å². The second-order valence-corrected chi connectivity index (χ2v) is 6.28. The second-order valence-electron chi connectivity index (χ2n) is 6.28. The van der Waals surface area contributed by atoms with Gasteiger partial charge in [-0.15, -0.1) is 5.10 Å². The quantitative estimate of drug-likeness (QED) is 0.915. The Morgan fingerprint density at radius 1 is 1.20 bits per heavy atom. The molecule has 0 atom stereocenters. The average Bonchev–Trinajstić information content (AvgIpc) is 3.10. The van der Waals surface area contributed by atoms with Crippen molar-refractivity contribution in [2.75, 3.05) is 6.54 Å². The van der Waals surface area contributed by atoms with Gasteiger partial charge >= 0.3 is 6.18 Å². The van der Waals surface area contributed by atoms with Crippen molar-refractivity contribution in [1.29, 1.82) is 0 Å². The molecule has 5 nitrogen and oxygen atoms in total. The molecule has 0 aliphatic heterocycles. The van der Waals surface area contributed by atoms with Gasteiger partial charge in [0.05, 0.1) is 17.4 Å². The Balaban J connectivity index is 1.71.